The average Bonchev–Trinajstić information content (AvgIpc) is 3.24. The second-order valence-electron chi connectivity index (χ2n) is 7.25. The average molecular weight is 459 g/mol. The van der Waals surface area contributed by atoms with Gasteiger partial charge in [-0.3, -0.25) is 20.4 Å². The maximum Gasteiger partial charge on any atom is 0.269 e. The van der Waals surface area contributed by atoms with E-state index < -0.39 is 23.4 Å². The number of hydrogen-bond donors (Lipinski definition) is 2. The molecule has 3 rings (SSSR count). The number of oxazole rings is 1. The fourth-order valence-electron chi connectivity index (χ4n) is 2.92. The fraction of sp³-hybridized carbons (Fsp3) is 0.261. The van der Waals surface area contributed by atoms with Gasteiger partial charge in [0, 0.05) is 18.4 Å². The molecule has 2 aromatic carbocycles. The van der Waals surface area contributed by atoms with E-state index in [9.17, 15) is 18.4 Å². The number of hydrazine groups is 1. The minimum Gasteiger partial charge on any atom is -0.493 e. The summed E-state index contributed by atoms with van der Waals surface area (Å²) in [6.07, 6.45) is 1.11. The first-order chi connectivity index (χ1) is 15.8. The highest BCUT2D eigenvalue weighted by Crippen LogP contribution is 2.29. The number of carbonyl (C=O) groups excluding carboxylic acids is 2. The number of ether oxygens (including phenoxy) is 2. The maximum atomic E-state index is 13.9. The number of methoxy groups -OCH3 is 1. The van der Waals surface area contributed by atoms with E-state index >= 15 is 0 Å². The van der Waals surface area contributed by atoms with Crippen molar-refractivity contribution >= 4 is 11.8 Å². The van der Waals surface area contributed by atoms with Crippen LogP contribution in [0, 0.1) is 11.6 Å². The normalized spacial score (nSPS) is 10.7. The molecule has 0 saturated heterocycles. The topological polar surface area (TPSA) is 103 Å². The zero-order valence-electron chi connectivity index (χ0n) is 18.3. The zero-order valence-corrected chi connectivity index (χ0v) is 18.3. The number of nitrogens with one attached hydrogen (secondary N) is 2. The first kappa shape index (κ1) is 23.7. The predicted octanol–water partition coefficient (Wildman–Crippen LogP) is 3.81. The van der Waals surface area contributed by atoms with E-state index in [1.807, 2.05) is 13.8 Å². The molecule has 33 heavy (non-hydrogen) atoms. The Bertz CT molecular complexity index is 1130. The molecule has 1 heterocycles. The van der Waals surface area contributed by atoms with Crippen LogP contribution >= 0.6 is 0 Å². The molecule has 0 saturated carbocycles. The SMILES string of the molecule is COc1cc(C(=O)NNC(=O)CCc2ncc(-c3c(F)cccc3F)o2)ccc1OC(C)C. The van der Waals surface area contributed by atoms with E-state index in [-0.39, 0.29) is 41.7 Å². The summed E-state index contributed by atoms with van der Waals surface area (Å²) in [4.78, 5) is 28.3. The standard InChI is InChI=1S/C23H23F2N3O5/c1-13(2)32-17-8-7-14(11-18(17)31-3)23(30)28-27-20(29)9-10-21-26-12-19(33-21)22-15(24)5-4-6-16(22)25/h4-8,11-13H,9-10H2,1-3H3,(H,27,29)(H,28,30). The van der Waals surface area contributed by atoms with E-state index in [1.54, 1.807) is 6.07 Å². The van der Waals surface area contributed by atoms with Gasteiger partial charge in [-0.05, 0) is 44.2 Å². The van der Waals surface area contributed by atoms with Crippen molar-refractivity contribution in [1.82, 2.24) is 15.8 Å². The number of carbonyl (C=O) groups is 2. The lowest BCUT2D eigenvalue weighted by molar-refractivity contribution is -0.121. The van der Waals surface area contributed by atoms with Crippen molar-refractivity contribution in [2.45, 2.75) is 32.8 Å². The van der Waals surface area contributed by atoms with E-state index in [1.165, 1.54) is 31.5 Å². The summed E-state index contributed by atoms with van der Waals surface area (Å²) in [6.45, 7) is 3.74. The number of rotatable bonds is 8. The van der Waals surface area contributed by atoms with Crippen LogP contribution in [0.2, 0.25) is 0 Å². The molecule has 8 nitrogen and oxygen atoms in total. The van der Waals surface area contributed by atoms with Gasteiger partial charge in [0.05, 0.1) is 25.0 Å². The van der Waals surface area contributed by atoms with Gasteiger partial charge >= 0.3 is 0 Å². The van der Waals surface area contributed by atoms with Gasteiger partial charge in [-0.2, -0.15) is 0 Å². The molecule has 0 unspecified atom stereocenters. The van der Waals surface area contributed by atoms with E-state index in [0.717, 1.165) is 12.1 Å². The molecule has 0 aliphatic heterocycles. The highest BCUT2D eigenvalue weighted by molar-refractivity contribution is 5.96. The van der Waals surface area contributed by atoms with Crippen LogP contribution in [0.3, 0.4) is 0 Å². The monoisotopic (exact) mass is 459 g/mol. The smallest absolute Gasteiger partial charge is 0.269 e. The fourth-order valence-corrected chi connectivity index (χ4v) is 2.92. The van der Waals surface area contributed by atoms with Crippen molar-refractivity contribution in [3.8, 4) is 22.8 Å². The van der Waals surface area contributed by atoms with Crippen molar-refractivity contribution in [3.63, 3.8) is 0 Å². The first-order valence-corrected chi connectivity index (χ1v) is 10.1. The highest BCUT2D eigenvalue weighted by atomic mass is 19.1. The molecule has 174 valence electrons. The molecule has 3 aromatic rings. The van der Waals surface area contributed by atoms with Gasteiger partial charge < -0.3 is 13.9 Å². The molecule has 2 N–H and O–H groups in total. The van der Waals surface area contributed by atoms with Gasteiger partial charge in [-0.25, -0.2) is 13.8 Å². The lowest BCUT2D eigenvalue weighted by atomic mass is 10.1. The van der Waals surface area contributed by atoms with E-state index in [0.29, 0.717) is 11.5 Å². The zero-order chi connectivity index (χ0) is 24.0. The van der Waals surface area contributed by atoms with Gasteiger partial charge in [-0.15, -0.1) is 0 Å². The largest absolute Gasteiger partial charge is 0.493 e. The molecular formula is C23H23F2N3O5. The van der Waals surface area contributed by atoms with Gasteiger partial charge in [0.15, 0.2) is 23.1 Å². The molecule has 0 atom stereocenters. The Morgan fingerprint density at radius 1 is 1.09 bits per heavy atom. The van der Waals surface area contributed by atoms with Crippen LogP contribution < -0.4 is 20.3 Å². The van der Waals surface area contributed by atoms with Gasteiger partial charge in [0.1, 0.15) is 11.6 Å². The van der Waals surface area contributed by atoms with Crippen molar-refractivity contribution in [1.29, 1.82) is 0 Å². The molecule has 1 aromatic heterocycles. The summed E-state index contributed by atoms with van der Waals surface area (Å²) in [5.74, 6) is -1.69. The predicted molar refractivity (Wildman–Crippen MR) is 115 cm³/mol. The summed E-state index contributed by atoms with van der Waals surface area (Å²) in [5.41, 5.74) is 4.53. The number of hydrogen-bond acceptors (Lipinski definition) is 6. The molecule has 0 bridgehead atoms. The number of halogens is 2. The number of aryl methyl sites for hydroxylation is 1. The minimum atomic E-state index is -0.779. The van der Waals surface area contributed by atoms with Crippen LogP contribution in [0.5, 0.6) is 11.5 Å². The van der Waals surface area contributed by atoms with E-state index in [2.05, 4.69) is 15.8 Å². The second-order valence-corrected chi connectivity index (χ2v) is 7.25. The number of aromatic nitrogens is 1. The molecule has 0 aliphatic rings. The third-order valence-corrected chi connectivity index (χ3v) is 4.43. The van der Waals surface area contributed by atoms with Crippen LogP contribution in [0.15, 0.2) is 47.0 Å². The molecule has 2 amide bonds. The van der Waals surface area contributed by atoms with Gasteiger partial charge in [0.25, 0.3) is 5.91 Å². The Morgan fingerprint density at radius 2 is 1.82 bits per heavy atom. The molecule has 0 aliphatic carbocycles. The molecule has 0 radical (unpaired) electrons. The number of nitrogens with zero attached hydrogens (tertiary/aromatic N) is 1. The van der Waals surface area contributed by atoms with Crippen LogP contribution in [0.1, 0.15) is 36.5 Å². The molecule has 10 heteroatoms. The quantitative estimate of drug-likeness (QED) is 0.497. The Labute approximate surface area is 188 Å². The maximum absolute atomic E-state index is 13.9. The summed E-state index contributed by atoms with van der Waals surface area (Å²) in [5, 5.41) is 0. The van der Waals surface area contributed by atoms with Crippen LogP contribution in [0.25, 0.3) is 11.3 Å². The first-order valence-electron chi connectivity index (χ1n) is 10.1. The third-order valence-electron chi connectivity index (χ3n) is 4.43. The summed E-state index contributed by atoms with van der Waals surface area (Å²) in [6, 6.07) is 8.10. The minimum absolute atomic E-state index is 0.0623. The lowest BCUT2D eigenvalue weighted by Crippen LogP contribution is -2.41. The van der Waals surface area contributed by atoms with Crippen LogP contribution in [-0.4, -0.2) is 30.0 Å². The summed E-state index contributed by atoms with van der Waals surface area (Å²) < 4.78 is 43.9. The van der Waals surface area contributed by atoms with Crippen LogP contribution in [-0.2, 0) is 11.2 Å². The van der Waals surface area contributed by atoms with Gasteiger partial charge in [-0.1, -0.05) is 6.07 Å². The Morgan fingerprint density at radius 3 is 2.48 bits per heavy atom. The summed E-state index contributed by atoms with van der Waals surface area (Å²) in [7, 11) is 1.46. The Hall–Kier alpha value is -3.95. The van der Waals surface area contributed by atoms with Gasteiger partial charge in [0.2, 0.25) is 5.91 Å². The molecule has 0 spiro atoms. The number of benzene rings is 2. The van der Waals surface area contributed by atoms with Crippen molar-refractivity contribution in [2.24, 2.45) is 0 Å². The third kappa shape index (κ3) is 6.06. The van der Waals surface area contributed by atoms with Crippen molar-refractivity contribution in [3.05, 3.63) is 65.7 Å². The summed E-state index contributed by atoms with van der Waals surface area (Å²) >= 11 is 0. The number of amides is 2. The highest BCUT2D eigenvalue weighted by Gasteiger charge is 2.17. The molecule has 0 fully saturated rings. The molecular weight excluding hydrogens is 436 g/mol. The lowest BCUT2D eigenvalue weighted by Gasteiger charge is -2.14. The van der Waals surface area contributed by atoms with Crippen LogP contribution in [0.4, 0.5) is 8.78 Å². The van der Waals surface area contributed by atoms with Crippen molar-refractivity contribution < 1.29 is 32.3 Å². The Kier molecular flexibility index (Phi) is 7.60. The Balaban J connectivity index is 1.53. The second kappa shape index (κ2) is 10.6. The van der Waals surface area contributed by atoms with Crippen molar-refractivity contribution in [2.75, 3.05) is 7.11 Å². The van der Waals surface area contributed by atoms with E-state index in [4.69, 9.17) is 13.9 Å².